The zero-order chi connectivity index (χ0) is 13.8. The molecule has 2 rings (SSSR count). The third kappa shape index (κ3) is 4.06. The van der Waals surface area contributed by atoms with Crippen molar-refractivity contribution in [2.45, 2.75) is 25.9 Å². The monoisotopic (exact) mass is 338 g/mol. The maximum Gasteiger partial charge on any atom is 0.0701 e. The largest absolute Gasteiger partial charge is 0.370 e. The van der Waals surface area contributed by atoms with E-state index in [4.69, 9.17) is 5.73 Å². The van der Waals surface area contributed by atoms with Gasteiger partial charge in [-0.3, -0.25) is 0 Å². The first-order valence-electron chi connectivity index (χ1n) is 6.34. The minimum Gasteiger partial charge on any atom is -0.370 e. The van der Waals surface area contributed by atoms with Gasteiger partial charge in [0, 0.05) is 25.3 Å². The van der Waals surface area contributed by atoms with E-state index in [1.165, 1.54) is 20.6 Å². The number of hydrogen-bond donors (Lipinski definition) is 1. The first-order valence-corrected chi connectivity index (χ1v) is 8.01. The molecule has 0 bridgehead atoms. The van der Waals surface area contributed by atoms with Crippen LogP contribution in [0.4, 0.5) is 5.69 Å². The molecule has 102 valence electrons. The fraction of sp³-hybridized carbons (Fsp3) is 0.333. The number of hydrogen-bond acceptors (Lipinski definition) is 3. The van der Waals surface area contributed by atoms with E-state index in [-0.39, 0.29) is 6.04 Å². The van der Waals surface area contributed by atoms with E-state index < -0.39 is 0 Å². The summed E-state index contributed by atoms with van der Waals surface area (Å²) in [6.45, 7) is 2.96. The Morgan fingerprint density at radius 2 is 2.11 bits per heavy atom. The summed E-state index contributed by atoms with van der Waals surface area (Å²) >= 11 is 5.24. The smallest absolute Gasteiger partial charge is 0.0701 e. The van der Waals surface area contributed by atoms with Gasteiger partial charge in [0.1, 0.15) is 0 Å². The van der Waals surface area contributed by atoms with Gasteiger partial charge in [-0.1, -0.05) is 18.2 Å². The van der Waals surface area contributed by atoms with Gasteiger partial charge >= 0.3 is 0 Å². The maximum atomic E-state index is 5.93. The van der Waals surface area contributed by atoms with Gasteiger partial charge < -0.3 is 10.6 Å². The lowest BCUT2D eigenvalue weighted by Crippen LogP contribution is -2.22. The molecule has 1 aromatic carbocycles. The van der Waals surface area contributed by atoms with Crippen molar-refractivity contribution in [1.82, 2.24) is 0 Å². The highest BCUT2D eigenvalue weighted by Gasteiger charge is 2.09. The molecule has 0 radical (unpaired) electrons. The summed E-state index contributed by atoms with van der Waals surface area (Å²) in [7, 11) is 2.13. The van der Waals surface area contributed by atoms with Crippen LogP contribution in [-0.4, -0.2) is 13.1 Å². The van der Waals surface area contributed by atoms with Crippen LogP contribution in [0.15, 0.2) is 39.5 Å². The van der Waals surface area contributed by atoms with Gasteiger partial charge in [-0.15, -0.1) is 11.3 Å². The van der Waals surface area contributed by atoms with Crippen LogP contribution in [0.1, 0.15) is 18.1 Å². The van der Waals surface area contributed by atoms with Crippen LogP contribution in [-0.2, 0) is 13.0 Å². The minimum absolute atomic E-state index is 0.185. The summed E-state index contributed by atoms with van der Waals surface area (Å²) in [5.41, 5.74) is 9.84. The second kappa shape index (κ2) is 6.55. The van der Waals surface area contributed by atoms with Gasteiger partial charge in [-0.05, 0) is 57.9 Å². The van der Waals surface area contributed by atoms with E-state index in [9.17, 15) is 0 Å². The number of halogens is 1. The van der Waals surface area contributed by atoms with Gasteiger partial charge in [0.05, 0.1) is 3.79 Å². The fourth-order valence-electron chi connectivity index (χ4n) is 2.19. The summed E-state index contributed by atoms with van der Waals surface area (Å²) in [4.78, 5) is 2.28. The molecule has 0 aliphatic heterocycles. The summed E-state index contributed by atoms with van der Waals surface area (Å²) in [5, 5.41) is 2.19. The molecule has 0 amide bonds. The van der Waals surface area contributed by atoms with E-state index in [2.05, 4.69) is 63.6 Å². The van der Waals surface area contributed by atoms with Crippen LogP contribution in [0, 0.1) is 0 Å². The molecular formula is C15H19BrN2S. The van der Waals surface area contributed by atoms with Crippen LogP contribution in [0.3, 0.4) is 0 Å². The Kier molecular flexibility index (Phi) is 5.02. The fourth-order valence-corrected chi connectivity index (χ4v) is 3.39. The van der Waals surface area contributed by atoms with Gasteiger partial charge in [-0.2, -0.15) is 0 Å². The molecule has 2 aromatic rings. The van der Waals surface area contributed by atoms with Gasteiger partial charge in [0.25, 0.3) is 0 Å². The first-order chi connectivity index (χ1) is 9.06. The average molecular weight is 339 g/mol. The zero-order valence-corrected chi connectivity index (χ0v) is 13.7. The molecule has 1 atom stereocenters. The number of thiophene rings is 1. The van der Waals surface area contributed by atoms with Crippen LogP contribution in [0.25, 0.3) is 0 Å². The molecule has 0 saturated heterocycles. The Balaban J connectivity index is 2.16. The van der Waals surface area contributed by atoms with E-state index in [1.54, 1.807) is 11.3 Å². The number of nitrogens with two attached hydrogens (primary N) is 1. The topological polar surface area (TPSA) is 29.3 Å². The highest BCUT2D eigenvalue weighted by molar-refractivity contribution is 9.11. The first kappa shape index (κ1) is 14.6. The minimum atomic E-state index is 0.185. The molecule has 0 saturated carbocycles. The van der Waals surface area contributed by atoms with Crippen molar-refractivity contribution >= 4 is 33.0 Å². The van der Waals surface area contributed by atoms with E-state index in [0.29, 0.717) is 0 Å². The maximum absolute atomic E-state index is 5.93. The van der Waals surface area contributed by atoms with Crippen molar-refractivity contribution in [2.24, 2.45) is 5.73 Å². The summed E-state index contributed by atoms with van der Waals surface area (Å²) in [6.07, 6.45) is 0.911. The Labute approximate surface area is 127 Å². The van der Waals surface area contributed by atoms with Crippen molar-refractivity contribution < 1.29 is 0 Å². The van der Waals surface area contributed by atoms with Gasteiger partial charge in [0.15, 0.2) is 0 Å². The molecule has 4 heteroatoms. The molecule has 19 heavy (non-hydrogen) atoms. The summed E-state index contributed by atoms with van der Waals surface area (Å²) < 4.78 is 1.18. The lowest BCUT2D eigenvalue weighted by Gasteiger charge is -2.22. The molecular weight excluding hydrogens is 320 g/mol. The third-order valence-corrected chi connectivity index (χ3v) is 4.54. The Morgan fingerprint density at radius 3 is 2.74 bits per heavy atom. The van der Waals surface area contributed by atoms with Gasteiger partial charge in [0.2, 0.25) is 0 Å². The Hall–Kier alpha value is -0.840. The van der Waals surface area contributed by atoms with Crippen LogP contribution < -0.4 is 10.6 Å². The van der Waals surface area contributed by atoms with E-state index in [1.807, 2.05) is 6.92 Å². The predicted octanol–water partition coefficient (Wildman–Crippen LogP) is 4.04. The summed E-state index contributed by atoms with van der Waals surface area (Å²) in [6, 6.07) is 10.9. The molecule has 1 aromatic heterocycles. The lowest BCUT2D eigenvalue weighted by atomic mass is 10.0. The number of anilines is 1. The molecule has 0 aliphatic rings. The zero-order valence-electron chi connectivity index (χ0n) is 11.3. The molecule has 0 aliphatic carbocycles. The highest BCUT2D eigenvalue weighted by atomic mass is 79.9. The van der Waals surface area contributed by atoms with Crippen molar-refractivity contribution in [2.75, 3.05) is 11.9 Å². The van der Waals surface area contributed by atoms with E-state index >= 15 is 0 Å². The SMILES string of the molecule is CC(N)Cc1ccccc1N(C)Cc1csc(Br)c1. The molecule has 1 unspecified atom stereocenters. The highest BCUT2D eigenvalue weighted by Crippen LogP contribution is 2.25. The predicted molar refractivity (Wildman–Crippen MR) is 87.9 cm³/mol. The van der Waals surface area contributed by atoms with Crippen LogP contribution in [0.5, 0.6) is 0 Å². The average Bonchev–Trinajstić information content (AvgIpc) is 2.74. The number of nitrogens with zero attached hydrogens (tertiary/aromatic N) is 1. The molecule has 0 fully saturated rings. The van der Waals surface area contributed by atoms with Crippen molar-refractivity contribution in [3.05, 3.63) is 50.6 Å². The standard InChI is InChI=1S/C15H19BrN2S/c1-11(17)7-13-5-3-4-6-14(13)18(2)9-12-8-15(16)19-10-12/h3-6,8,10-11H,7,9,17H2,1-2H3. The summed E-state index contributed by atoms with van der Waals surface area (Å²) in [5.74, 6) is 0. The number of para-hydroxylation sites is 1. The van der Waals surface area contributed by atoms with Crippen LogP contribution >= 0.6 is 27.3 Å². The van der Waals surface area contributed by atoms with Crippen molar-refractivity contribution in [3.63, 3.8) is 0 Å². The van der Waals surface area contributed by atoms with Crippen molar-refractivity contribution in [1.29, 1.82) is 0 Å². The molecule has 0 spiro atoms. The normalized spacial score (nSPS) is 12.4. The third-order valence-electron chi connectivity index (χ3n) is 2.99. The Bertz CT molecular complexity index is 536. The van der Waals surface area contributed by atoms with Gasteiger partial charge in [-0.25, -0.2) is 0 Å². The molecule has 1 heterocycles. The number of benzene rings is 1. The Morgan fingerprint density at radius 1 is 1.37 bits per heavy atom. The molecule has 2 N–H and O–H groups in total. The molecule has 2 nitrogen and oxygen atoms in total. The quantitative estimate of drug-likeness (QED) is 0.891. The number of rotatable bonds is 5. The van der Waals surface area contributed by atoms with Crippen molar-refractivity contribution in [3.8, 4) is 0 Å². The van der Waals surface area contributed by atoms with Crippen LogP contribution in [0.2, 0.25) is 0 Å². The van der Waals surface area contributed by atoms with E-state index in [0.717, 1.165) is 13.0 Å². The lowest BCUT2D eigenvalue weighted by molar-refractivity contribution is 0.734. The second-order valence-corrected chi connectivity index (χ2v) is 7.22. The second-order valence-electron chi connectivity index (χ2n) is 4.93.